The van der Waals surface area contributed by atoms with Gasteiger partial charge in [-0.3, -0.25) is 4.90 Å². The Morgan fingerprint density at radius 2 is 2.06 bits per heavy atom. The maximum absolute atomic E-state index is 9.21. The summed E-state index contributed by atoms with van der Waals surface area (Å²) in [6, 6.07) is 7.80. The van der Waals surface area contributed by atoms with Gasteiger partial charge < -0.3 is 10.6 Å². The standard InChI is InChI=1S/C14H20N4/c1-14(2)10-18(7-6-17(14)3)13-5-4-12(16)8-11(13)9-15/h4-5,8H,6-7,10,16H2,1-3H3. The molecule has 0 aliphatic carbocycles. The first-order valence-electron chi connectivity index (χ1n) is 6.20. The van der Waals surface area contributed by atoms with Crippen molar-refractivity contribution in [2.75, 3.05) is 37.3 Å². The van der Waals surface area contributed by atoms with E-state index in [2.05, 4.69) is 36.8 Å². The molecule has 1 heterocycles. The highest BCUT2D eigenvalue weighted by Crippen LogP contribution is 2.28. The predicted octanol–water partition coefficient (Wildman–Crippen LogP) is 1.67. The number of nitrogens with zero attached hydrogens (tertiary/aromatic N) is 3. The second-order valence-corrected chi connectivity index (χ2v) is 5.54. The average Bonchev–Trinajstić information content (AvgIpc) is 2.32. The predicted molar refractivity (Wildman–Crippen MR) is 74.5 cm³/mol. The van der Waals surface area contributed by atoms with Gasteiger partial charge in [0.1, 0.15) is 6.07 Å². The zero-order valence-electron chi connectivity index (χ0n) is 11.3. The molecule has 1 aromatic rings. The van der Waals surface area contributed by atoms with Crippen molar-refractivity contribution in [3.63, 3.8) is 0 Å². The number of benzene rings is 1. The van der Waals surface area contributed by atoms with Crippen molar-refractivity contribution in [3.8, 4) is 6.07 Å². The van der Waals surface area contributed by atoms with Gasteiger partial charge in [0.25, 0.3) is 0 Å². The molecule has 0 aromatic heterocycles. The van der Waals surface area contributed by atoms with E-state index >= 15 is 0 Å². The number of nitrogen functional groups attached to an aromatic ring is 1. The molecule has 1 fully saturated rings. The SMILES string of the molecule is CN1CCN(c2ccc(N)cc2C#N)CC1(C)C. The topological polar surface area (TPSA) is 56.3 Å². The third-order valence-electron chi connectivity index (χ3n) is 3.80. The van der Waals surface area contributed by atoms with Crippen molar-refractivity contribution in [2.45, 2.75) is 19.4 Å². The first kappa shape index (κ1) is 12.7. The molecule has 0 amide bonds. The Kier molecular flexibility index (Phi) is 3.18. The minimum atomic E-state index is 0.117. The lowest BCUT2D eigenvalue weighted by atomic mass is 9.98. The normalized spacial score (nSPS) is 19.6. The average molecular weight is 244 g/mol. The van der Waals surface area contributed by atoms with Gasteiger partial charge in [0.15, 0.2) is 0 Å². The van der Waals surface area contributed by atoms with E-state index in [0.29, 0.717) is 11.3 Å². The van der Waals surface area contributed by atoms with Crippen LogP contribution in [0.25, 0.3) is 0 Å². The molecule has 0 bridgehead atoms. The molecule has 1 saturated heterocycles. The van der Waals surface area contributed by atoms with Gasteiger partial charge in [-0.25, -0.2) is 0 Å². The van der Waals surface area contributed by atoms with Gasteiger partial charge in [0.05, 0.1) is 11.3 Å². The summed E-state index contributed by atoms with van der Waals surface area (Å²) in [6.07, 6.45) is 0. The fourth-order valence-electron chi connectivity index (χ4n) is 2.36. The van der Waals surface area contributed by atoms with Gasteiger partial charge in [-0.2, -0.15) is 5.26 Å². The molecule has 0 saturated carbocycles. The summed E-state index contributed by atoms with van der Waals surface area (Å²) in [7, 11) is 2.14. The van der Waals surface area contributed by atoms with Crippen LogP contribution in [-0.4, -0.2) is 37.1 Å². The van der Waals surface area contributed by atoms with Crippen molar-refractivity contribution in [1.29, 1.82) is 5.26 Å². The number of rotatable bonds is 1. The molecule has 0 radical (unpaired) electrons. The number of hydrogen-bond acceptors (Lipinski definition) is 4. The summed E-state index contributed by atoms with van der Waals surface area (Å²) in [5.41, 5.74) is 8.15. The van der Waals surface area contributed by atoms with Crippen molar-refractivity contribution in [3.05, 3.63) is 23.8 Å². The second kappa shape index (κ2) is 4.51. The van der Waals surface area contributed by atoms with E-state index in [4.69, 9.17) is 5.73 Å². The van der Waals surface area contributed by atoms with Crippen LogP contribution in [0.15, 0.2) is 18.2 Å². The molecule has 2 N–H and O–H groups in total. The van der Waals surface area contributed by atoms with E-state index in [1.807, 2.05) is 12.1 Å². The van der Waals surface area contributed by atoms with Crippen LogP contribution in [0.1, 0.15) is 19.4 Å². The Morgan fingerprint density at radius 1 is 1.33 bits per heavy atom. The Balaban J connectivity index is 2.31. The van der Waals surface area contributed by atoms with E-state index in [1.165, 1.54) is 0 Å². The molecule has 1 aliphatic heterocycles. The van der Waals surface area contributed by atoms with Crippen LogP contribution in [0.4, 0.5) is 11.4 Å². The fraction of sp³-hybridized carbons (Fsp3) is 0.500. The van der Waals surface area contributed by atoms with Gasteiger partial charge in [-0.1, -0.05) is 0 Å². The lowest BCUT2D eigenvalue weighted by Crippen LogP contribution is -2.57. The molecule has 4 nitrogen and oxygen atoms in total. The Labute approximate surface area is 109 Å². The zero-order chi connectivity index (χ0) is 13.3. The molecule has 1 aromatic carbocycles. The Hall–Kier alpha value is -1.73. The maximum atomic E-state index is 9.21. The van der Waals surface area contributed by atoms with E-state index in [0.717, 1.165) is 25.3 Å². The number of piperazine rings is 1. The Bertz CT molecular complexity index is 487. The lowest BCUT2D eigenvalue weighted by molar-refractivity contribution is 0.139. The van der Waals surface area contributed by atoms with Crippen molar-refractivity contribution < 1.29 is 0 Å². The zero-order valence-corrected chi connectivity index (χ0v) is 11.3. The lowest BCUT2D eigenvalue weighted by Gasteiger charge is -2.46. The number of nitriles is 1. The smallest absolute Gasteiger partial charge is 0.101 e. The van der Waals surface area contributed by atoms with Crippen LogP contribution >= 0.6 is 0 Å². The summed E-state index contributed by atoms with van der Waals surface area (Å²) in [5.74, 6) is 0. The molecule has 96 valence electrons. The number of anilines is 2. The molecular formula is C14H20N4. The summed E-state index contributed by atoms with van der Waals surface area (Å²) in [6.45, 7) is 7.31. The number of hydrogen-bond donors (Lipinski definition) is 1. The fourth-order valence-corrected chi connectivity index (χ4v) is 2.36. The van der Waals surface area contributed by atoms with Crippen molar-refractivity contribution in [1.82, 2.24) is 4.90 Å². The molecule has 18 heavy (non-hydrogen) atoms. The molecule has 2 rings (SSSR count). The van der Waals surface area contributed by atoms with Crippen LogP contribution in [0.5, 0.6) is 0 Å². The van der Waals surface area contributed by atoms with E-state index in [-0.39, 0.29) is 5.54 Å². The maximum Gasteiger partial charge on any atom is 0.101 e. The van der Waals surface area contributed by atoms with Gasteiger partial charge in [0, 0.05) is 30.9 Å². The summed E-state index contributed by atoms with van der Waals surface area (Å²) in [4.78, 5) is 4.63. The quantitative estimate of drug-likeness (QED) is 0.763. The van der Waals surface area contributed by atoms with E-state index in [9.17, 15) is 5.26 Å². The first-order chi connectivity index (χ1) is 8.44. The minimum absolute atomic E-state index is 0.117. The molecular weight excluding hydrogens is 224 g/mol. The third-order valence-corrected chi connectivity index (χ3v) is 3.80. The summed E-state index contributed by atoms with van der Waals surface area (Å²) in [5, 5.41) is 9.21. The highest BCUT2D eigenvalue weighted by Gasteiger charge is 2.31. The Morgan fingerprint density at radius 3 is 2.67 bits per heavy atom. The van der Waals surface area contributed by atoms with Crippen molar-refractivity contribution >= 4 is 11.4 Å². The molecule has 0 atom stereocenters. The molecule has 0 unspecified atom stereocenters. The highest BCUT2D eigenvalue weighted by molar-refractivity contribution is 5.64. The summed E-state index contributed by atoms with van der Waals surface area (Å²) < 4.78 is 0. The highest BCUT2D eigenvalue weighted by atomic mass is 15.3. The molecule has 4 heteroatoms. The van der Waals surface area contributed by atoms with Gasteiger partial charge in [0.2, 0.25) is 0 Å². The third kappa shape index (κ3) is 2.27. The van der Waals surface area contributed by atoms with Crippen LogP contribution in [0.3, 0.4) is 0 Å². The largest absolute Gasteiger partial charge is 0.399 e. The van der Waals surface area contributed by atoms with Gasteiger partial charge in [-0.15, -0.1) is 0 Å². The van der Waals surface area contributed by atoms with Crippen LogP contribution in [-0.2, 0) is 0 Å². The van der Waals surface area contributed by atoms with E-state index < -0.39 is 0 Å². The minimum Gasteiger partial charge on any atom is -0.399 e. The molecule has 0 spiro atoms. The van der Waals surface area contributed by atoms with Crippen LogP contribution < -0.4 is 10.6 Å². The van der Waals surface area contributed by atoms with Crippen molar-refractivity contribution in [2.24, 2.45) is 0 Å². The number of nitrogens with two attached hydrogens (primary N) is 1. The second-order valence-electron chi connectivity index (χ2n) is 5.54. The summed E-state index contributed by atoms with van der Waals surface area (Å²) >= 11 is 0. The molecule has 1 aliphatic rings. The van der Waals surface area contributed by atoms with Gasteiger partial charge in [-0.05, 0) is 39.1 Å². The monoisotopic (exact) mass is 244 g/mol. The van der Waals surface area contributed by atoms with Crippen LogP contribution in [0, 0.1) is 11.3 Å². The van der Waals surface area contributed by atoms with Gasteiger partial charge >= 0.3 is 0 Å². The number of likely N-dealkylation sites (N-methyl/N-ethyl adjacent to an activating group) is 1. The first-order valence-corrected chi connectivity index (χ1v) is 6.20. The van der Waals surface area contributed by atoms with E-state index in [1.54, 1.807) is 6.07 Å². The van der Waals surface area contributed by atoms with Crippen LogP contribution in [0.2, 0.25) is 0 Å².